The summed E-state index contributed by atoms with van der Waals surface area (Å²) in [5.41, 5.74) is 1.41. The topological polar surface area (TPSA) is 77.0 Å². The van der Waals surface area contributed by atoms with Gasteiger partial charge in [-0.3, -0.25) is 4.99 Å². The van der Waals surface area contributed by atoms with E-state index >= 15 is 0 Å². The molecule has 2 aromatic rings. The first-order valence-electron chi connectivity index (χ1n) is 9.03. The van der Waals surface area contributed by atoms with Crippen molar-refractivity contribution in [2.45, 2.75) is 45.9 Å². The molecule has 0 amide bonds. The number of rotatable bonds is 6. The fraction of sp³-hybridized carbons (Fsp3) is 0.474. The molecule has 0 aliphatic carbocycles. The Morgan fingerprint density at radius 1 is 1.23 bits per heavy atom. The van der Waals surface area contributed by atoms with Gasteiger partial charge in [0.25, 0.3) is 0 Å². The van der Waals surface area contributed by atoms with Crippen molar-refractivity contribution in [1.82, 2.24) is 15.6 Å². The van der Waals surface area contributed by atoms with Gasteiger partial charge in [0.15, 0.2) is 17.5 Å². The third-order valence-electron chi connectivity index (χ3n) is 4.07. The van der Waals surface area contributed by atoms with E-state index in [2.05, 4.69) is 46.1 Å². The van der Waals surface area contributed by atoms with Crippen molar-refractivity contribution in [3.8, 4) is 17.2 Å². The first-order chi connectivity index (χ1) is 13.8. The van der Waals surface area contributed by atoms with Gasteiger partial charge in [-0.05, 0) is 6.07 Å². The van der Waals surface area contributed by atoms with Gasteiger partial charge in [-0.2, -0.15) is 8.78 Å². The van der Waals surface area contributed by atoms with Gasteiger partial charge in [0.2, 0.25) is 6.79 Å². The molecule has 7 nitrogen and oxygen atoms in total. The Labute approximate surface area is 195 Å². The van der Waals surface area contributed by atoms with Crippen LogP contribution in [-0.2, 0) is 18.5 Å². The number of hydrogen-bond acceptors (Lipinski definition) is 6. The Hall–Kier alpha value is -1.89. The third kappa shape index (κ3) is 6.30. The van der Waals surface area contributed by atoms with Gasteiger partial charge in [0.1, 0.15) is 5.75 Å². The summed E-state index contributed by atoms with van der Waals surface area (Å²) < 4.78 is 40.7. The van der Waals surface area contributed by atoms with Crippen LogP contribution < -0.4 is 24.8 Å². The fourth-order valence-corrected chi connectivity index (χ4v) is 3.52. The summed E-state index contributed by atoms with van der Waals surface area (Å²) in [7, 11) is 1.63. The molecule has 30 heavy (non-hydrogen) atoms. The third-order valence-corrected chi connectivity index (χ3v) is 5.39. The van der Waals surface area contributed by atoms with Gasteiger partial charge in [-0.15, -0.1) is 35.3 Å². The highest BCUT2D eigenvalue weighted by molar-refractivity contribution is 14.0. The lowest BCUT2D eigenvalue weighted by atomic mass is 9.98. The number of nitrogens with one attached hydrogen (secondary N) is 2. The van der Waals surface area contributed by atoms with Gasteiger partial charge in [-0.25, -0.2) is 4.98 Å². The van der Waals surface area contributed by atoms with E-state index in [1.807, 2.05) is 5.38 Å². The highest BCUT2D eigenvalue weighted by Gasteiger charge is 2.20. The molecule has 0 saturated carbocycles. The average molecular weight is 554 g/mol. The van der Waals surface area contributed by atoms with Gasteiger partial charge in [-0.1, -0.05) is 20.8 Å². The average Bonchev–Trinajstić information content (AvgIpc) is 3.29. The van der Waals surface area contributed by atoms with Crippen LogP contribution >= 0.6 is 35.3 Å². The van der Waals surface area contributed by atoms with Crippen molar-refractivity contribution < 1.29 is 23.0 Å². The number of nitrogens with zero attached hydrogens (tertiary/aromatic N) is 2. The SMILES string of the molecule is CN=C(NCc1csc(C(C)(C)C)n1)NCc1cc2c(cc1OC(F)F)OCO2.I. The Morgan fingerprint density at radius 3 is 2.50 bits per heavy atom. The van der Waals surface area contributed by atoms with Crippen LogP contribution in [0.25, 0.3) is 0 Å². The number of benzene rings is 1. The van der Waals surface area contributed by atoms with Crippen molar-refractivity contribution >= 4 is 41.3 Å². The van der Waals surface area contributed by atoms with E-state index in [9.17, 15) is 8.78 Å². The summed E-state index contributed by atoms with van der Waals surface area (Å²) in [5.74, 6) is 1.41. The molecule has 0 unspecified atom stereocenters. The maximum absolute atomic E-state index is 12.8. The molecule has 1 aromatic carbocycles. The normalized spacial score (nSPS) is 13.2. The molecular weight excluding hydrogens is 529 g/mol. The van der Waals surface area contributed by atoms with Gasteiger partial charge >= 0.3 is 6.61 Å². The second-order valence-corrected chi connectivity index (χ2v) is 8.22. The zero-order valence-corrected chi connectivity index (χ0v) is 20.3. The molecule has 0 spiro atoms. The molecule has 0 atom stereocenters. The molecule has 0 bridgehead atoms. The fourth-order valence-electron chi connectivity index (χ4n) is 2.62. The molecule has 1 aliphatic rings. The maximum atomic E-state index is 12.8. The van der Waals surface area contributed by atoms with Crippen LogP contribution in [-0.4, -0.2) is 31.4 Å². The predicted molar refractivity (Wildman–Crippen MR) is 122 cm³/mol. The van der Waals surface area contributed by atoms with Crippen LogP contribution in [0.3, 0.4) is 0 Å². The summed E-state index contributed by atoms with van der Waals surface area (Å²) in [6, 6.07) is 3.03. The van der Waals surface area contributed by atoms with Crippen LogP contribution in [0, 0.1) is 0 Å². The molecule has 0 fully saturated rings. The minimum atomic E-state index is -2.94. The molecule has 1 aliphatic heterocycles. The molecule has 11 heteroatoms. The number of thiazole rings is 1. The summed E-state index contributed by atoms with van der Waals surface area (Å²) >= 11 is 1.62. The maximum Gasteiger partial charge on any atom is 0.387 e. The standard InChI is InChI=1S/C19H24F2N4O3S.HI/c1-19(2,3)16-25-12(9-29-16)8-24-18(22-4)23-7-11-5-14-15(27-10-26-14)6-13(11)28-17(20)21;/h5-6,9,17H,7-8,10H2,1-4H3,(H2,22,23,24);1H. The van der Waals surface area contributed by atoms with E-state index in [1.165, 1.54) is 6.07 Å². The lowest BCUT2D eigenvalue weighted by molar-refractivity contribution is -0.0505. The van der Waals surface area contributed by atoms with Crippen LogP contribution in [0.2, 0.25) is 0 Å². The van der Waals surface area contributed by atoms with Crippen LogP contribution in [0.1, 0.15) is 37.0 Å². The Bertz CT molecular complexity index is 887. The number of fused-ring (bicyclic) bond motifs is 1. The lowest BCUT2D eigenvalue weighted by Crippen LogP contribution is -2.36. The number of aromatic nitrogens is 1. The number of aliphatic imine (C=N–C) groups is 1. The van der Waals surface area contributed by atoms with E-state index in [-0.39, 0.29) is 48.5 Å². The molecular formula is C19H25F2IN4O3S. The first kappa shape index (κ1) is 24.4. The Kier molecular flexibility index (Phi) is 8.47. The molecule has 3 rings (SSSR count). The monoisotopic (exact) mass is 554 g/mol. The number of hydrogen-bond donors (Lipinski definition) is 2. The number of guanidine groups is 1. The quantitative estimate of drug-likeness (QED) is 0.316. The summed E-state index contributed by atoms with van der Waals surface area (Å²) in [6.07, 6.45) is 0. The van der Waals surface area contributed by atoms with Gasteiger partial charge < -0.3 is 24.8 Å². The van der Waals surface area contributed by atoms with Crippen molar-refractivity contribution in [2.24, 2.45) is 4.99 Å². The molecule has 1 aromatic heterocycles. The van der Waals surface area contributed by atoms with Crippen molar-refractivity contribution in [3.05, 3.63) is 33.8 Å². The molecule has 2 heterocycles. The Balaban J connectivity index is 0.00000320. The van der Waals surface area contributed by atoms with E-state index in [0.29, 0.717) is 29.6 Å². The largest absolute Gasteiger partial charge is 0.454 e. The zero-order valence-electron chi connectivity index (χ0n) is 17.1. The summed E-state index contributed by atoms with van der Waals surface area (Å²) in [6.45, 7) is 4.17. The van der Waals surface area contributed by atoms with Crippen molar-refractivity contribution in [1.29, 1.82) is 0 Å². The molecule has 0 saturated heterocycles. The van der Waals surface area contributed by atoms with E-state index < -0.39 is 6.61 Å². The Morgan fingerprint density at radius 2 is 1.90 bits per heavy atom. The van der Waals surface area contributed by atoms with Crippen LogP contribution in [0.4, 0.5) is 8.78 Å². The molecule has 166 valence electrons. The second kappa shape index (κ2) is 10.4. The van der Waals surface area contributed by atoms with Crippen molar-refractivity contribution in [3.63, 3.8) is 0 Å². The zero-order chi connectivity index (χ0) is 21.0. The predicted octanol–water partition coefficient (Wildman–Crippen LogP) is 4.25. The van der Waals surface area contributed by atoms with Crippen molar-refractivity contribution in [2.75, 3.05) is 13.8 Å². The summed E-state index contributed by atoms with van der Waals surface area (Å²) in [5, 5.41) is 9.33. The first-order valence-corrected chi connectivity index (χ1v) is 9.91. The smallest absolute Gasteiger partial charge is 0.387 e. The minimum absolute atomic E-state index is 0. The highest BCUT2D eigenvalue weighted by atomic mass is 127. The van der Waals surface area contributed by atoms with Gasteiger partial charge in [0.05, 0.1) is 17.2 Å². The van der Waals surface area contributed by atoms with E-state index in [0.717, 1.165) is 10.7 Å². The number of alkyl halides is 2. The summed E-state index contributed by atoms with van der Waals surface area (Å²) in [4.78, 5) is 8.79. The van der Waals surface area contributed by atoms with E-state index in [1.54, 1.807) is 24.5 Å². The highest BCUT2D eigenvalue weighted by Crippen LogP contribution is 2.38. The molecule has 2 N–H and O–H groups in total. The lowest BCUT2D eigenvalue weighted by Gasteiger charge is -2.15. The number of ether oxygens (including phenoxy) is 3. The number of halogens is 3. The second-order valence-electron chi connectivity index (χ2n) is 7.37. The van der Waals surface area contributed by atoms with Gasteiger partial charge in [0, 0.05) is 36.0 Å². The molecule has 0 radical (unpaired) electrons. The van der Waals surface area contributed by atoms with Crippen LogP contribution in [0.15, 0.2) is 22.5 Å². The van der Waals surface area contributed by atoms with Crippen LogP contribution in [0.5, 0.6) is 17.2 Å². The minimum Gasteiger partial charge on any atom is -0.454 e. The van der Waals surface area contributed by atoms with E-state index in [4.69, 9.17) is 9.47 Å².